The summed E-state index contributed by atoms with van der Waals surface area (Å²) in [6.45, 7) is 5.78. The van der Waals surface area contributed by atoms with Crippen LogP contribution in [0.2, 0.25) is 0 Å². The first-order valence-corrected chi connectivity index (χ1v) is 6.44. The van der Waals surface area contributed by atoms with Crippen LogP contribution in [0, 0.1) is 0 Å². The molecule has 0 radical (unpaired) electrons. The number of esters is 1. The Balaban J connectivity index is 3.77. The van der Waals surface area contributed by atoms with Crippen molar-refractivity contribution in [3.8, 4) is 0 Å². The Morgan fingerprint density at radius 3 is 2.53 bits per heavy atom. The molecule has 0 aromatic rings. The molecule has 0 bridgehead atoms. The van der Waals surface area contributed by atoms with Crippen molar-refractivity contribution in [1.82, 2.24) is 0 Å². The van der Waals surface area contributed by atoms with Gasteiger partial charge in [-0.15, -0.1) is 0 Å². The first-order chi connectivity index (χ1) is 6.87. The van der Waals surface area contributed by atoms with E-state index >= 15 is 0 Å². The fourth-order valence-corrected chi connectivity index (χ4v) is 1.74. The molecule has 90 valence electrons. The summed E-state index contributed by atoms with van der Waals surface area (Å²) in [6.07, 6.45) is 2.38. The van der Waals surface area contributed by atoms with Gasteiger partial charge in [-0.3, -0.25) is 4.79 Å². The van der Waals surface area contributed by atoms with Gasteiger partial charge >= 0.3 is 5.97 Å². The predicted molar refractivity (Wildman–Crippen MR) is 60.0 cm³/mol. The van der Waals surface area contributed by atoms with Crippen molar-refractivity contribution in [2.45, 2.75) is 52.1 Å². The van der Waals surface area contributed by atoms with Crippen molar-refractivity contribution in [2.75, 3.05) is 5.75 Å². The molecule has 0 saturated heterocycles. The Hall–Kier alpha value is -0.420. The van der Waals surface area contributed by atoms with Gasteiger partial charge in [-0.2, -0.15) is 0 Å². The Kier molecular flexibility index (Phi) is 6.76. The van der Waals surface area contributed by atoms with Gasteiger partial charge in [0.15, 0.2) is 11.1 Å². The monoisotopic (exact) mass is 236 g/mol. The third kappa shape index (κ3) is 8.57. The Morgan fingerprint density at radius 2 is 2.07 bits per heavy atom. The minimum absolute atomic E-state index is 0.128. The SMILES string of the molecule is CCCC(C)(C)OC(=O)CCCS(=O)O. The summed E-state index contributed by atoms with van der Waals surface area (Å²) < 4.78 is 24.1. The molecule has 4 nitrogen and oxygen atoms in total. The molecular weight excluding hydrogens is 216 g/mol. The highest BCUT2D eigenvalue weighted by Gasteiger charge is 2.21. The number of rotatable bonds is 7. The number of hydrogen-bond acceptors (Lipinski definition) is 3. The van der Waals surface area contributed by atoms with Crippen LogP contribution >= 0.6 is 0 Å². The van der Waals surface area contributed by atoms with E-state index in [2.05, 4.69) is 0 Å². The third-order valence-corrected chi connectivity index (χ3v) is 2.58. The summed E-state index contributed by atoms with van der Waals surface area (Å²) >= 11 is -1.82. The molecule has 0 aliphatic carbocycles. The van der Waals surface area contributed by atoms with Crippen LogP contribution in [0.4, 0.5) is 0 Å². The average molecular weight is 236 g/mol. The second kappa shape index (κ2) is 6.95. The van der Waals surface area contributed by atoms with Gasteiger partial charge in [-0.05, 0) is 26.7 Å². The minimum Gasteiger partial charge on any atom is -0.460 e. The van der Waals surface area contributed by atoms with Crippen LogP contribution in [0.25, 0.3) is 0 Å². The van der Waals surface area contributed by atoms with E-state index in [1.807, 2.05) is 20.8 Å². The lowest BCUT2D eigenvalue weighted by Crippen LogP contribution is -2.27. The van der Waals surface area contributed by atoms with E-state index in [1.165, 1.54) is 0 Å². The zero-order valence-corrected chi connectivity index (χ0v) is 10.4. The molecule has 0 aromatic heterocycles. The maximum absolute atomic E-state index is 11.3. The zero-order valence-electron chi connectivity index (χ0n) is 9.62. The van der Waals surface area contributed by atoms with Gasteiger partial charge in [0.2, 0.25) is 0 Å². The lowest BCUT2D eigenvalue weighted by molar-refractivity contribution is -0.157. The summed E-state index contributed by atoms with van der Waals surface area (Å²) in [5.41, 5.74) is -0.426. The smallest absolute Gasteiger partial charge is 0.306 e. The molecule has 1 N–H and O–H groups in total. The molecule has 5 heteroatoms. The van der Waals surface area contributed by atoms with E-state index in [1.54, 1.807) is 0 Å². The Morgan fingerprint density at radius 1 is 1.47 bits per heavy atom. The largest absolute Gasteiger partial charge is 0.460 e. The van der Waals surface area contributed by atoms with Crippen LogP contribution in [-0.4, -0.2) is 26.1 Å². The lowest BCUT2D eigenvalue weighted by Gasteiger charge is -2.24. The zero-order chi connectivity index (χ0) is 11.9. The van der Waals surface area contributed by atoms with Gasteiger partial charge in [0.25, 0.3) is 0 Å². The van der Waals surface area contributed by atoms with Crippen molar-refractivity contribution in [2.24, 2.45) is 0 Å². The topological polar surface area (TPSA) is 63.6 Å². The fraction of sp³-hybridized carbons (Fsp3) is 0.900. The molecular formula is C10H20O4S. The first-order valence-electron chi connectivity index (χ1n) is 5.16. The highest BCUT2D eigenvalue weighted by molar-refractivity contribution is 7.79. The normalized spacial score (nSPS) is 13.6. The van der Waals surface area contributed by atoms with Gasteiger partial charge in [0.1, 0.15) is 5.60 Å². The average Bonchev–Trinajstić information content (AvgIpc) is 2.01. The molecule has 15 heavy (non-hydrogen) atoms. The van der Waals surface area contributed by atoms with E-state index in [-0.39, 0.29) is 18.1 Å². The van der Waals surface area contributed by atoms with Crippen LogP contribution in [0.15, 0.2) is 0 Å². The van der Waals surface area contributed by atoms with Gasteiger partial charge < -0.3 is 9.29 Å². The standard InChI is InChI=1S/C10H20O4S/c1-4-7-10(2,3)14-9(11)6-5-8-15(12)13/h4-8H2,1-3H3,(H,12,13). The summed E-state index contributed by atoms with van der Waals surface area (Å²) in [7, 11) is 0. The van der Waals surface area contributed by atoms with Crippen LogP contribution < -0.4 is 0 Å². The molecule has 1 atom stereocenters. The summed E-state index contributed by atoms with van der Waals surface area (Å²) in [4.78, 5) is 11.3. The maximum Gasteiger partial charge on any atom is 0.306 e. The van der Waals surface area contributed by atoms with Gasteiger partial charge in [0.05, 0.1) is 0 Å². The number of carbonyl (C=O) groups excluding carboxylic acids is 1. The van der Waals surface area contributed by atoms with Crippen LogP contribution in [0.1, 0.15) is 46.5 Å². The number of ether oxygens (including phenoxy) is 1. The Bertz CT molecular complexity index is 225. The summed E-state index contributed by atoms with van der Waals surface area (Å²) in [5, 5.41) is 0. The highest BCUT2D eigenvalue weighted by Crippen LogP contribution is 2.17. The third-order valence-electron chi connectivity index (χ3n) is 1.94. The van der Waals surface area contributed by atoms with E-state index in [0.29, 0.717) is 6.42 Å². The maximum atomic E-state index is 11.3. The van der Waals surface area contributed by atoms with Crippen molar-refractivity contribution >= 4 is 17.0 Å². The Labute approximate surface area is 93.7 Å². The molecule has 1 unspecified atom stereocenters. The number of hydrogen-bond donors (Lipinski definition) is 1. The number of carbonyl (C=O) groups is 1. The van der Waals surface area contributed by atoms with Crippen molar-refractivity contribution < 1.29 is 18.3 Å². The molecule has 0 rings (SSSR count). The predicted octanol–water partition coefficient (Wildman–Crippen LogP) is 2.11. The van der Waals surface area contributed by atoms with Crippen LogP contribution in [-0.2, 0) is 20.6 Å². The van der Waals surface area contributed by atoms with E-state index in [9.17, 15) is 9.00 Å². The fourth-order valence-electron chi connectivity index (χ4n) is 1.35. The molecule has 0 aliphatic heterocycles. The molecule has 0 heterocycles. The molecule has 0 aromatic carbocycles. The molecule has 0 aliphatic rings. The van der Waals surface area contributed by atoms with Gasteiger partial charge in [0, 0.05) is 12.2 Å². The first kappa shape index (κ1) is 14.6. The highest BCUT2D eigenvalue weighted by atomic mass is 32.2. The molecule has 0 fully saturated rings. The van der Waals surface area contributed by atoms with Gasteiger partial charge in [-0.1, -0.05) is 13.3 Å². The molecule has 0 saturated carbocycles. The minimum atomic E-state index is -1.82. The van der Waals surface area contributed by atoms with Gasteiger partial charge in [-0.25, -0.2) is 4.21 Å². The summed E-state index contributed by atoms with van der Waals surface area (Å²) in [5.74, 6) is -0.164. The van der Waals surface area contributed by atoms with Crippen LogP contribution in [0.5, 0.6) is 0 Å². The molecule has 0 amide bonds. The van der Waals surface area contributed by atoms with Crippen molar-refractivity contribution in [3.05, 3.63) is 0 Å². The van der Waals surface area contributed by atoms with E-state index in [0.717, 1.165) is 12.8 Å². The second-order valence-corrected chi connectivity index (χ2v) is 5.16. The lowest BCUT2D eigenvalue weighted by atomic mass is 10.0. The quantitative estimate of drug-likeness (QED) is 0.543. The van der Waals surface area contributed by atoms with Crippen molar-refractivity contribution in [1.29, 1.82) is 0 Å². The van der Waals surface area contributed by atoms with Crippen LogP contribution in [0.3, 0.4) is 0 Å². The molecule has 0 spiro atoms. The summed E-state index contributed by atoms with van der Waals surface area (Å²) in [6, 6.07) is 0. The second-order valence-electron chi connectivity index (χ2n) is 4.11. The van der Waals surface area contributed by atoms with E-state index in [4.69, 9.17) is 9.29 Å². The van der Waals surface area contributed by atoms with E-state index < -0.39 is 16.7 Å². The van der Waals surface area contributed by atoms with Crippen molar-refractivity contribution in [3.63, 3.8) is 0 Å².